The summed E-state index contributed by atoms with van der Waals surface area (Å²) in [5.41, 5.74) is 4.14. The maximum atomic E-state index is 13.6. The van der Waals surface area contributed by atoms with Gasteiger partial charge < -0.3 is 26.6 Å². The summed E-state index contributed by atoms with van der Waals surface area (Å²) in [6.07, 6.45) is -4.35. The Hall–Kier alpha value is -2.86. The van der Waals surface area contributed by atoms with Crippen LogP contribution in [0.15, 0.2) is 0 Å². The van der Waals surface area contributed by atoms with Gasteiger partial charge in [0, 0.05) is 18.5 Å². The molecule has 1 unspecified atom stereocenters. The zero-order valence-corrected chi connectivity index (χ0v) is 21.4. The molecule has 0 aromatic heterocycles. The maximum absolute atomic E-state index is 13.6. The Kier molecular flexibility index (Phi) is 6.31. The van der Waals surface area contributed by atoms with Crippen molar-refractivity contribution >= 4 is 29.5 Å². The summed E-state index contributed by atoms with van der Waals surface area (Å²) in [6, 6.07) is -3.67. The van der Waals surface area contributed by atoms with E-state index in [1.165, 1.54) is 25.7 Å². The summed E-state index contributed by atoms with van der Waals surface area (Å²) in [5, 5.41) is 7.23. The fraction of sp³-hybridized carbons (Fsp3) is 0.792. The molecule has 5 amide bonds. The molecule has 2 aliphatic carbocycles. The Labute approximate surface area is 212 Å². The van der Waals surface area contributed by atoms with Crippen LogP contribution in [0, 0.1) is 34.5 Å². The van der Waals surface area contributed by atoms with E-state index >= 15 is 0 Å². The van der Waals surface area contributed by atoms with Crippen LogP contribution in [0.3, 0.4) is 0 Å². The minimum absolute atomic E-state index is 0.0263. The van der Waals surface area contributed by atoms with Crippen molar-refractivity contribution in [1.82, 2.24) is 20.9 Å². The lowest BCUT2D eigenvalue weighted by atomic mass is 9.85. The van der Waals surface area contributed by atoms with Crippen LogP contribution in [0.1, 0.15) is 47.5 Å². The van der Waals surface area contributed by atoms with Crippen molar-refractivity contribution in [3.05, 3.63) is 0 Å². The van der Waals surface area contributed by atoms with Crippen LogP contribution in [0.5, 0.6) is 0 Å². The molecule has 2 aliphatic heterocycles. The van der Waals surface area contributed by atoms with Gasteiger partial charge in [-0.25, -0.2) is 0 Å². The first-order valence-electron chi connectivity index (χ1n) is 12.4. The molecular formula is C24H34F3N5O5. The number of rotatable bonds is 7. The van der Waals surface area contributed by atoms with E-state index in [0.717, 1.165) is 6.42 Å². The first kappa shape index (κ1) is 27.2. The van der Waals surface area contributed by atoms with E-state index in [0.29, 0.717) is 0 Å². The normalized spacial score (nSPS) is 33.0. The second-order valence-corrected chi connectivity index (χ2v) is 12.5. The molecule has 13 heteroatoms. The van der Waals surface area contributed by atoms with E-state index in [1.807, 2.05) is 13.8 Å². The Morgan fingerprint density at radius 3 is 2.27 bits per heavy atom. The molecule has 4 fully saturated rings. The monoisotopic (exact) mass is 529 g/mol. The van der Waals surface area contributed by atoms with Crippen LogP contribution >= 0.6 is 0 Å². The summed E-state index contributed by atoms with van der Waals surface area (Å²) < 4.78 is 39.0. The zero-order valence-electron chi connectivity index (χ0n) is 21.4. The van der Waals surface area contributed by atoms with Gasteiger partial charge in [-0.1, -0.05) is 34.6 Å². The summed E-state index contributed by atoms with van der Waals surface area (Å²) in [4.78, 5) is 64.4. The number of alkyl halides is 3. The highest BCUT2D eigenvalue weighted by Gasteiger charge is 2.70. The van der Waals surface area contributed by atoms with E-state index in [1.54, 1.807) is 5.32 Å². The third-order valence-corrected chi connectivity index (χ3v) is 8.58. The molecule has 4 rings (SSSR count). The number of primary amides is 1. The van der Waals surface area contributed by atoms with Gasteiger partial charge in [0.25, 0.3) is 0 Å². The van der Waals surface area contributed by atoms with Gasteiger partial charge in [0.2, 0.25) is 23.6 Å². The molecule has 4 aliphatic rings. The summed E-state index contributed by atoms with van der Waals surface area (Å²) >= 11 is 0. The van der Waals surface area contributed by atoms with Crippen molar-refractivity contribution in [2.24, 2.45) is 40.2 Å². The minimum Gasteiger partial charge on any atom is -0.368 e. The molecule has 8 atom stereocenters. The van der Waals surface area contributed by atoms with Gasteiger partial charge in [-0.15, -0.1) is 0 Å². The number of carbonyl (C=O) groups excluding carboxylic acids is 5. The SMILES string of the molecule is CC(C)(C)[C@H](NC(=O)C(F)(F)F)C(=O)N1C[C@H]2[C@@H]([C@H]1C(=O)NC(C[C@H]1C(=O)N[C@H]3C[C@H]31)C(N)=O)C2(C)C. The van der Waals surface area contributed by atoms with Crippen LogP contribution in [0.2, 0.25) is 0 Å². The lowest BCUT2D eigenvalue weighted by Crippen LogP contribution is -2.61. The number of carbonyl (C=O) groups is 5. The molecule has 0 spiro atoms. The van der Waals surface area contributed by atoms with Crippen molar-refractivity contribution in [3.8, 4) is 0 Å². The standard InChI is InChI=1S/C24H34F3N5O5/c1-22(2,3)16(31-21(37)24(25,26)27)20(36)32-8-11-14(23(11,4)5)15(32)19(35)30-13(17(28)33)7-10-9-6-12(9)29-18(10)34/h9-16H,6-8H2,1-5H3,(H2,28,33)(H,29,34)(H,30,35)(H,31,37)/t9-,10+,11-,12-,13?,14-,15-,16+/m0/s1. The third kappa shape index (κ3) is 4.88. The van der Waals surface area contributed by atoms with E-state index in [-0.39, 0.29) is 48.1 Å². The number of hydrogen-bond acceptors (Lipinski definition) is 5. The molecule has 5 N–H and O–H groups in total. The number of amides is 5. The zero-order chi connectivity index (χ0) is 27.8. The molecule has 206 valence electrons. The van der Waals surface area contributed by atoms with Gasteiger partial charge >= 0.3 is 12.1 Å². The first-order chi connectivity index (χ1) is 16.9. The highest BCUT2D eigenvalue weighted by molar-refractivity contribution is 5.96. The van der Waals surface area contributed by atoms with Crippen molar-refractivity contribution in [2.75, 3.05) is 6.54 Å². The quantitative estimate of drug-likeness (QED) is 0.368. The summed E-state index contributed by atoms with van der Waals surface area (Å²) in [5.74, 6) is -5.46. The number of piperidine rings is 2. The van der Waals surface area contributed by atoms with E-state index in [4.69, 9.17) is 5.73 Å². The molecule has 0 aromatic carbocycles. The fourth-order valence-electron chi connectivity index (χ4n) is 6.19. The van der Waals surface area contributed by atoms with Gasteiger partial charge in [0.05, 0.1) is 0 Å². The van der Waals surface area contributed by atoms with Crippen molar-refractivity contribution in [2.45, 2.75) is 77.8 Å². The molecule has 0 radical (unpaired) electrons. The number of hydrogen-bond donors (Lipinski definition) is 4. The van der Waals surface area contributed by atoms with Gasteiger partial charge in [0.15, 0.2) is 0 Å². The highest BCUT2D eigenvalue weighted by atomic mass is 19.4. The average molecular weight is 530 g/mol. The molecule has 37 heavy (non-hydrogen) atoms. The summed E-state index contributed by atoms with van der Waals surface area (Å²) in [7, 11) is 0. The second kappa shape index (κ2) is 8.59. The average Bonchev–Trinajstić information content (AvgIpc) is 3.47. The number of nitrogens with two attached hydrogens (primary N) is 1. The Bertz CT molecular complexity index is 1040. The van der Waals surface area contributed by atoms with Gasteiger partial charge in [-0.05, 0) is 41.4 Å². The first-order valence-corrected chi connectivity index (χ1v) is 12.4. The molecule has 2 heterocycles. The molecule has 2 saturated heterocycles. The number of nitrogens with one attached hydrogen (secondary N) is 3. The fourth-order valence-corrected chi connectivity index (χ4v) is 6.19. The Morgan fingerprint density at radius 2 is 1.78 bits per heavy atom. The molecule has 10 nitrogen and oxygen atoms in total. The van der Waals surface area contributed by atoms with Crippen LogP contribution < -0.4 is 21.7 Å². The third-order valence-electron chi connectivity index (χ3n) is 8.58. The molecule has 0 aromatic rings. The topological polar surface area (TPSA) is 151 Å². The Balaban J connectivity index is 1.54. The predicted octanol–water partition coefficient (Wildman–Crippen LogP) is 0.0573. The highest BCUT2D eigenvalue weighted by Crippen LogP contribution is 2.65. The van der Waals surface area contributed by atoms with E-state index < -0.39 is 59.3 Å². The lowest BCUT2D eigenvalue weighted by molar-refractivity contribution is -0.176. The molecule has 2 saturated carbocycles. The lowest BCUT2D eigenvalue weighted by Gasteiger charge is -2.38. The van der Waals surface area contributed by atoms with Crippen molar-refractivity contribution in [3.63, 3.8) is 0 Å². The number of halogens is 3. The van der Waals surface area contributed by atoms with Crippen LogP contribution in [-0.4, -0.2) is 71.3 Å². The van der Waals surface area contributed by atoms with Crippen molar-refractivity contribution in [1.29, 1.82) is 0 Å². The van der Waals surface area contributed by atoms with E-state index in [2.05, 4.69) is 10.6 Å². The number of likely N-dealkylation sites (tertiary alicyclic amines) is 1. The Morgan fingerprint density at radius 1 is 1.16 bits per heavy atom. The maximum Gasteiger partial charge on any atom is 0.471 e. The number of nitrogens with zero attached hydrogens (tertiary/aromatic N) is 1. The van der Waals surface area contributed by atoms with Crippen LogP contribution in [0.25, 0.3) is 0 Å². The largest absolute Gasteiger partial charge is 0.471 e. The molecule has 0 bridgehead atoms. The van der Waals surface area contributed by atoms with E-state index in [9.17, 15) is 37.1 Å². The minimum atomic E-state index is -5.18. The number of fused-ring (bicyclic) bond motifs is 2. The van der Waals surface area contributed by atoms with Crippen LogP contribution in [-0.2, 0) is 24.0 Å². The molecular weight excluding hydrogens is 495 g/mol. The second-order valence-electron chi connectivity index (χ2n) is 12.5. The van der Waals surface area contributed by atoms with Gasteiger partial charge in [-0.3, -0.25) is 24.0 Å². The van der Waals surface area contributed by atoms with Crippen LogP contribution in [0.4, 0.5) is 13.2 Å². The predicted molar refractivity (Wildman–Crippen MR) is 123 cm³/mol. The van der Waals surface area contributed by atoms with Gasteiger partial charge in [-0.2, -0.15) is 13.2 Å². The van der Waals surface area contributed by atoms with Gasteiger partial charge in [0.1, 0.15) is 18.1 Å². The van der Waals surface area contributed by atoms with Crippen molar-refractivity contribution < 1.29 is 37.1 Å². The smallest absolute Gasteiger partial charge is 0.368 e. The summed E-state index contributed by atoms with van der Waals surface area (Å²) in [6.45, 7) is 8.53.